The molecular weight excluding hydrogens is 274 g/mol. The van der Waals surface area contributed by atoms with Crippen LogP contribution in [0.25, 0.3) is 0 Å². The summed E-state index contributed by atoms with van der Waals surface area (Å²) in [5, 5.41) is 8.44. The predicted octanol–water partition coefficient (Wildman–Crippen LogP) is 1.58. The minimum absolute atomic E-state index is 0.0394. The maximum absolute atomic E-state index is 11.8. The highest BCUT2D eigenvalue weighted by Gasteiger charge is 2.24. The number of hydrogen-bond acceptors (Lipinski definition) is 4. The van der Waals surface area contributed by atoms with Gasteiger partial charge in [-0.05, 0) is 31.6 Å². The fraction of sp³-hybridized carbons (Fsp3) is 0.929. The maximum atomic E-state index is 11.8. The van der Waals surface area contributed by atoms with Crippen LogP contribution in [0.5, 0.6) is 0 Å². The van der Waals surface area contributed by atoms with Crippen LogP contribution in [-0.4, -0.2) is 44.7 Å². The Balaban J connectivity index is 2.39. The third kappa shape index (κ3) is 6.69. The Morgan fingerprint density at radius 1 is 1.35 bits per heavy atom. The number of piperidine rings is 1. The van der Waals surface area contributed by atoms with Gasteiger partial charge in [0.05, 0.1) is 11.8 Å². The number of nitrogens with zero attached hydrogens (tertiary/aromatic N) is 2. The van der Waals surface area contributed by atoms with E-state index >= 15 is 0 Å². The molecule has 1 rings (SSSR count). The molecule has 1 fully saturated rings. The molecule has 116 valence electrons. The molecule has 6 heteroatoms. The van der Waals surface area contributed by atoms with Crippen molar-refractivity contribution < 1.29 is 8.42 Å². The van der Waals surface area contributed by atoms with Crippen LogP contribution < -0.4 is 4.72 Å². The van der Waals surface area contributed by atoms with Crippen LogP contribution in [0.1, 0.15) is 40.0 Å². The van der Waals surface area contributed by atoms with Crippen molar-refractivity contribution in [2.45, 2.75) is 46.1 Å². The summed E-state index contributed by atoms with van der Waals surface area (Å²) in [6.45, 7) is 9.26. The van der Waals surface area contributed by atoms with Crippen molar-refractivity contribution in [2.75, 3.05) is 25.4 Å². The summed E-state index contributed by atoms with van der Waals surface area (Å²) in [6.07, 6.45) is 1.94. The number of hydrogen-bond donors (Lipinski definition) is 1. The van der Waals surface area contributed by atoms with E-state index in [2.05, 4.69) is 23.5 Å². The smallest absolute Gasteiger partial charge is 0.211 e. The first-order valence-corrected chi connectivity index (χ1v) is 9.07. The van der Waals surface area contributed by atoms with Gasteiger partial charge < -0.3 is 4.90 Å². The summed E-state index contributed by atoms with van der Waals surface area (Å²) < 4.78 is 26.4. The zero-order valence-corrected chi connectivity index (χ0v) is 13.6. The molecule has 1 aliphatic rings. The third-order valence-corrected chi connectivity index (χ3v) is 5.15. The average Bonchev–Trinajstić information content (AvgIpc) is 2.26. The molecule has 1 N–H and O–H groups in total. The Labute approximate surface area is 123 Å². The van der Waals surface area contributed by atoms with Gasteiger partial charge in [-0.1, -0.05) is 13.8 Å². The summed E-state index contributed by atoms with van der Waals surface area (Å²) in [7, 11) is -3.26. The molecule has 0 aliphatic carbocycles. The Hall–Kier alpha value is -0.640. The van der Waals surface area contributed by atoms with Gasteiger partial charge in [-0.3, -0.25) is 0 Å². The summed E-state index contributed by atoms with van der Waals surface area (Å²) in [6, 6.07) is 1.88. The zero-order valence-electron chi connectivity index (χ0n) is 12.8. The summed E-state index contributed by atoms with van der Waals surface area (Å²) in [5.74, 6) is 1.40. The lowest BCUT2D eigenvalue weighted by Crippen LogP contribution is -2.47. The third-order valence-electron chi connectivity index (χ3n) is 3.56. The second-order valence-electron chi connectivity index (χ2n) is 6.26. The molecular formula is C14H27N3O2S. The summed E-state index contributed by atoms with van der Waals surface area (Å²) >= 11 is 0. The van der Waals surface area contributed by atoms with Crippen molar-refractivity contribution in [3.05, 3.63) is 0 Å². The van der Waals surface area contributed by atoms with Crippen molar-refractivity contribution in [3.63, 3.8) is 0 Å². The van der Waals surface area contributed by atoms with Crippen LogP contribution >= 0.6 is 0 Å². The topological polar surface area (TPSA) is 73.2 Å². The number of unbranched alkanes of at least 4 members (excludes halogenated alkanes) is 1. The van der Waals surface area contributed by atoms with Crippen LogP contribution in [0.15, 0.2) is 0 Å². The van der Waals surface area contributed by atoms with E-state index in [1.807, 2.05) is 13.0 Å². The Morgan fingerprint density at radius 3 is 2.50 bits per heavy atom. The van der Waals surface area contributed by atoms with Crippen molar-refractivity contribution in [1.29, 1.82) is 5.26 Å². The largest absolute Gasteiger partial charge is 0.301 e. The molecule has 0 amide bonds. The standard InChI is InChI=1S/C14H27N3O2S/c1-12-8-13(2)10-17(9-12)11-14(3)16-20(18,19)7-5-4-6-15/h12-14,16H,4-5,7-11H2,1-3H3/t12-,13+,14-/m1/s1. The lowest BCUT2D eigenvalue weighted by atomic mass is 9.92. The second kappa shape index (κ2) is 7.96. The monoisotopic (exact) mass is 301 g/mol. The van der Waals surface area contributed by atoms with Gasteiger partial charge in [0.1, 0.15) is 0 Å². The number of likely N-dealkylation sites (tertiary alicyclic amines) is 1. The first-order valence-electron chi connectivity index (χ1n) is 7.41. The molecule has 3 atom stereocenters. The molecule has 0 aromatic rings. The molecule has 0 unspecified atom stereocenters. The van der Waals surface area contributed by atoms with E-state index < -0.39 is 10.0 Å². The van der Waals surface area contributed by atoms with Crippen molar-refractivity contribution >= 4 is 10.0 Å². The Bertz CT molecular complexity index is 420. The van der Waals surface area contributed by atoms with Crippen LogP contribution in [-0.2, 0) is 10.0 Å². The van der Waals surface area contributed by atoms with Gasteiger partial charge in [0.15, 0.2) is 0 Å². The molecule has 0 aromatic carbocycles. The second-order valence-corrected chi connectivity index (χ2v) is 8.14. The number of nitriles is 1. The van der Waals surface area contributed by atoms with Gasteiger partial charge in [0, 0.05) is 32.1 Å². The molecule has 0 saturated carbocycles. The molecule has 5 nitrogen and oxygen atoms in total. The van der Waals surface area contributed by atoms with Gasteiger partial charge in [0.2, 0.25) is 10.0 Å². The van der Waals surface area contributed by atoms with Crippen molar-refractivity contribution in [3.8, 4) is 6.07 Å². The molecule has 1 saturated heterocycles. The van der Waals surface area contributed by atoms with E-state index in [9.17, 15) is 8.42 Å². The van der Waals surface area contributed by atoms with Gasteiger partial charge in [-0.15, -0.1) is 0 Å². The van der Waals surface area contributed by atoms with Gasteiger partial charge in [-0.2, -0.15) is 5.26 Å². The van der Waals surface area contributed by atoms with Gasteiger partial charge >= 0.3 is 0 Å². The highest BCUT2D eigenvalue weighted by atomic mass is 32.2. The lowest BCUT2D eigenvalue weighted by Gasteiger charge is -2.36. The normalized spacial score (nSPS) is 26.1. The van der Waals surface area contributed by atoms with Gasteiger partial charge in [-0.25, -0.2) is 13.1 Å². The Morgan fingerprint density at radius 2 is 1.95 bits per heavy atom. The van der Waals surface area contributed by atoms with E-state index in [0.717, 1.165) is 19.6 Å². The van der Waals surface area contributed by atoms with Crippen LogP contribution in [0, 0.1) is 23.2 Å². The molecule has 1 aliphatic heterocycles. The van der Waals surface area contributed by atoms with Crippen LogP contribution in [0.3, 0.4) is 0 Å². The number of nitrogens with one attached hydrogen (secondary N) is 1. The molecule has 0 spiro atoms. The lowest BCUT2D eigenvalue weighted by molar-refractivity contribution is 0.134. The predicted molar refractivity (Wildman–Crippen MR) is 80.6 cm³/mol. The number of sulfonamides is 1. The van der Waals surface area contributed by atoms with Crippen LogP contribution in [0.4, 0.5) is 0 Å². The highest BCUT2D eigenvalue weighted by Crippen LogP contribution is 2.20. The minimum Gasteiger partial charge on any atom is -0.301 e. The minimum atomic E-state index is -3.26. The first-order chi connectivity index (χ1) is 9.32. The van der Waals surface area contributed by atoms with E-state index in [1.54, 1.807) is 0 Å². The maximum Gasteiger partial charge on any atom is 0.211 e. The average molecular weight is 301 g/mol. The summed E-state index contributed by atoms with van der Waals surface area (Å²) in [5.41, 5.74) is 0. The van der Waals surface area contributed by atoms with E-state index in [1.165, 1.54) is 6.42 Å². The zero-order chi connectivity index (χ0) is 15.2. The number of rotatable bonds is 7. The van der Waals surface area contributed by atoms with Gasteiger partial charge in [0.25, 0.3) is 0 Å². The fourth-order valence-corrected chi connectivity index (χ4v) is 4.40. The van der Waals surface area contributed by atoms with E-state index in [4.69, 9.17) is 5.26 Å². The van der Waals surface area contributed by atoms with Crippen molar-refractivity contribution in [2.24, 2.45) is 11.8 Å². The van der Waals surface area contributed by atoms with E-state index in [-0.39, 0.29) is 18.2 Å². The molecule has 0 radical (unpaired) electrons. The van der Waals surface area contributed by atoms with Crippen molar-refractivity contribution in [1.82, 2.24) is 9.62 Å². The van der Waals surface area contributed by atoms with Crippen LogP contribution in [0.2, 0.25) is 0 Å². The van der Waals surface area contributed by atoms with E-state index in [0.29, 0.717) is 18.3 Å². The molecule has 20 heavy (non-hydrogen) atoms. The highest BCUT2D eigenvalue weighted by molar-refractivity contribution is 7.89. The molecule has 0 bridgehead atoms. The fourth-order valence-electron chi connectivity index (χ4n) is 3.07. The quantitative estimate of drug-likeness (QED) is 0.725. The summed E-state index contributed by atoms with van der Waals surface area (Å²) in [4.78, 5) is 2.35. The molecule has 0 aromatic heterocycles. The molecule has 1 heterocycles. The first kappa shape index (κ1) is 17.4. The Kier molecular flexibility index (Phi) is 6.93. The SMILES string of the molecule is C[C@@H]1C[C@H](C)CN(C[C@@H](C)NS(=O)(=O)CCCC#N)C1.